The summed E-state index contributed by atoms with van der Waals surface area (Å²) in [6.45, 7) is 4.34. The quantitative estimate of drug-likeness (QED) is 0.762. The van der Waals surface area contributed by atoms with E-state index in [-0.39, 0.29) is 11.9 Å². The highest BCUT2D eigenvalue weighted by atomic mass is 16.5. The van der Waals surface area contributed by atoms with Gasteiger partial charge < -0.3 is 29.9 Å². The van der Waals surface area contributed by atoms with Crippen LogP contribution in [0, 0.1) is 0 Å². The van der Waals surface area contributed by atoms with Crippen molar-refractivity contribution < 1.29 is 19.1 Å². The van der Waals surface area contributed by atoms with Crippen molar-refractivity contribution in [3.63, 3.8) is 0 Å². The number of nitrogens with zero attached hydrogens (tertiary/aromatic N) is 2. The van der Waals surface area contributed by atoms with Gasteiger partial charge in [0.25, 0.3) is 0 Å². The second-order valence-electron chi connectivity index (χ2n) is 7.04. The van der Waals surface area contributed by atoms with Gasteiger partial charge in [0, 0.05) is 37.9 Å². The zero-order valence-electron chi connectivity index (χ0n) is 17.6. The maximum atomic E-state index is 12.6. The molecule has 1 fully saturated rings. The molecule has 1 saturated heterocycles. The van der Waals surface area contributed by atoms with E-state index in [4.69, 9.17) is 9.47 Å². The summed E-state index contributed by atoms with van der Waals surface area (Å²) in [6.07, 6.45) is 0. The normalized spacial score (nSPS) is 14.6. The summed E-state index contributed by atoms with van der Waals surface area (Å²) in [5, 5.41) is 5.56. The number of para-hydroxylation sites is 1. The predicted molar refractivity (Wildman–Crippen MR) is 116 cm³/mol. The Morgan fingerprint density at radius 3 is 2.30 bits per heavy atom. The second kappa shape index (κ2) is 9.87. The van der Waals surface area contributed by atoms with Gasteiger partial charge >= 0.3 is 6.03 Å². The van der Waals surface area contributed by atoms with Crippen molar-refractivity contribution in [2.45, 2.75) is 13.0 Å². The van der Waals surface area contributed by atoms with E-state index in [0.717, 1.165) is 18.8 Å². The Morgan fingerprint density at radius 2 is 1.67 bits per heavy atom. The van der Waals surface area contributed by atoms with Crippen LogP contribution in [0.15, 0.2) is 48.5 Å². The molecule has 160 valence electrons. The molecular formula is C22H28N4O4. The smallest absolute Gasteiger partial charge is 0.318 e. The Bertz CT molecular complexity index is 867. The standard InChI is InChI=1S/C22H28N4O4/c1-16(21(27)24-19-15-18(29-2)9-10-20(19)30-3)23-22(28)26-13-11-25(12-14-26)17-7-5-4-6-8-17/h4-10,15-16H,11-14H2,1-3H3,(H,23,28)(H,24,27)/t16-/m1/s1. The van der Waals surface area contributed by atoms with Crippen LogP contribution in [0.1, 0.15) is 6.92 Å². The van der Waals surface area contributed by atoms with E-state index in [1.165, 1.54) is 7.11 Å². The predicted octanol–water partition coefficient (Wildman–Crippen LogP) is 2.56. The van der Waals surface area contributed by atoms with Crippen molar-refractivity contribution in [1.82, 2.24) is 10.2 Å². The molecule has 1 heterocycles. The highest BCUT2D eigenvalue weighted by Crippen LogP contribution is 2.29. The molecular weight excluding hydrogens is 384 g/mol. The average Bonchev–Trinajstić information content (AvgIpc) is 2.79. The fourth-order valence-electron chi connectivity index (χ4n) is 3.30. The van der Waals surface area contributed by atoms with Gasteiger partial charge in [-0.2, -0.15) is 0 Å². The molecule has 3 amide bonds. The number of carbonyl (C=O) groups excluding carboxylic acids is 2. The van der Waals surface area contributed by atoms with Gasteiger partial charge in [0.1, 0.15) is 17.5 Å². The first-order valence-corrected chi connectivity index (χ1v) is 9.90. The number of rotatable bonds is 6. The Morgan fingerprint density at radius 1 is 0.967 bits per heavy atom. The van der Waals surface area contributed by atoms with Gasteiger partial charge in [-0.1, -0.05) is 18.2 Å². The van der Waals surface area contributed by atoms with Crippen molar-refractivity contribution in [3.05, 3.63) is 48.5 Å². The highest BCUT2D eigenvalue weighted by Gasteiger charge is 2.24. The first kappa shape index (κ1) is 21.3. The van der Waals surface area contributed by atoms with Crippen molar-refractivity contribution in [1.29, 1.82) is 0 Å². The van der Waals surface area contributed by atoms with Crippen LogP contribution in [-0.4, -0.2) is 63.3 Å². The SMILES string of the molecule is COc1ccc(OC)c(NC(=O)[C@@H](C)NC(=O)N2CCN(c3ccccc3)CC2)c1. The van der Waals surface area contributed by atoms with Gasteiger partial charge in [0.05, 0.1) is 19.9 Å². The molecule has 8 nitrogen and oxygen atoms in total. The second-order valence-corrected chi connectivity index (χ2v) is 7.04. The third-order valence-electron chi connectivity index (χ3n) is 5.09. The molecule has 8 heteroatoms. The van der Waals surface area contributed by atoms with Crippen LogP contribution >= 0.6 is 0 Å². The topological polar surface area (TPSA) is 83.1 Å². The Kier molecular flexibility index (Phi) is 7.00. The Labute approximate surface area is 176 Å². The minimum Gasteiger partial charge on any atom is -0.497 e. The number of amides is 3. The third-order valence-corrected chi connectivity index (χ3v) is 5.09. The van der Waals surface area contributed by atoms with Gasteiger partial charge in [0.15, 0.2) is 0 Å². The van der Waals surface area contributed by atoms with E-state index in [2.05, 4.69) is 27.7 Å². The molecule has 3 rings (SSSR count). The van der Waals surface area contributed by atoms with Gasteiger partial charge in [-0.3, -0.25) is 4.79 Å². The number of benzene rings is 2. The van der Waals surface area contributed by atoms with Crippen LogP contribution in [0.2, 0.25) is 0 Å². The number of nitrogens with one attached hydrogen (secondary N) is 2. The van der Waals surface area contributed by atoms with E-state index in [0.29, 0.717) is 30.3 Å². The molecule has 2 N–H and O–H groups in total. The number of hydrogen-bond acceptors (Lipinski definition) is 5. The minimum absolute atomic E-state index is 0.247. The summed E-state index contributed by atoms with van der Waals surface area (Å²) in [5.41, 5.74) is 1.64. The minimum atomic E-state index is -0.708. The monoisotopic (exact) mass is 412 g/mol. The summed E-state index contributed by atoms with van der Waals surface area (Å²) in [5.74, 6) is 0.775. The van der Waals surface area contributed by atoms with Gasteiger partial charge in [0.2, 0.25) is 5.91 Å². The maximum Gasteiger partial charge on any atom is 0.318 e. The van der Waals surface area contributed by atoms with Crippen LogP contribution in [0.4, 0.5) is 16.2 Å². The number of urea groups is 1. The van der Waals surface area contributed by atoms with E-state index in [1.807, 2.05) is 18.2 Å². The molecule has 2 aromatic carbocycles. The summed E-state index contributed by atoms with van der Waals surface area (Å²) >= 11 is 0. The molecule has 0 aromatic heterocycles. The highest BCUT2D eigenvalue weighted by molar-refractivity contribution is 5.98. The molecule has 0 spiro atoms. The molecule has 0 radical (unpaired) electrons. The first-order valence-electron chi connectivity index (χ1n) is 9.90. The van der Waals surface area contributed by atoms with E-state index < -0.39 is 6.04 Å². The lowest BCUT2D eigenvalue weighted by atomic mass is 10.2. The van der Waals surface area contributed by atoms with Gasteiger partial charge in [-0.05, 0) is 31.2 Å². The molecule has 1 atom stereocenters. The zero-order chi connectivity index (χ0) is 21.5. The Balaban J connectivity index is 1.53. The molecule has 2 aromatic rings. The van der Waals surface area contributed by atoms with Crippen LogP contribution in [0.3, 0.4) is 0 Å². The lowest BCUT2D eigenvalue weighted by Crippen LogP contribution is -2.54. The van der Waals surface area contributed by atoms with Crippen molar-refractivity contribution in [3.8, 4) is 11.5 Å². The summed E-state index contributed by atoms with van der Waals surface area (Å²) in [7, 11) is 3.07. The van der Waals surface area contributed by atoms with Gasteiger partial charge in [-0.25, -0.2) is 4.79 Å². The lowest BCUT2D eigenvalue weighted by molar-refractivity contribution is -0.117. The molecule has 0 saturated carbocycles. The third kappa shape index (κ3) is 5.14. The Hall–Kier alpha value is -3.42. The molecule has 0 aliphatic carbocycles. The number of anilines is 2. The largest absolute Gasteiger partial charge is 0.497 e. The fourth-order valence-corrected chi connectivity index (χ4v) is 3.30. The van der Waals surface area contributed by atoms with Crippen molar-refractivity contribution in [2.75, 3.05) is 50.6 Å². The van der Waals surface area contributed by atoms with Crippen molar-refractivity contribution >= 4 is 23.3 Å². The van der Waals surface area contributed by atoms with Crippen LogP contribution in [-0.2, 0) is 4.79 Å². The molecule has 1 aliphatic rings. The summed E-state index contributed by atoms with van der Waals surface area (Å²) < 4.78 is 10.5. The molecule has 0 bridgehead atoms. The summed E-state index contributed by atoms with van der Waals surface area (Å²) in [4.78, 5) is 29.2. The van der Waals surface area contributed by atoms with Crippen LogP contribution < -0.4 is 25.0 Å². The fraction of sp³-hybridized carbons (Fsp3) is 0.364. The number of carbonyl (C=O) groups is 2. The molecule has 1 aliphatic heterocycles. The summed E-state index contributed by atoms with van der Waals surface area (Å²) in [6, 6.07) is 14.3. The number of methoxy groups -OCH3 is 2. The van der Waals surface area contributed by atoms with Crippen LogP contribution in [0.5, 0.6) is 11.5 Å². The maximum absolute atomic E-state index is 12.6. The van der Waals surface area contributed by atoms with Crippen molar-refractivity contribution in [2.24, 2.45) is 0 Å². The average molecular weight is 412 g/mol. The van der Waals surface area contributed by atoms with E-state index >= 15 is 0 Å². The lowest BCUT2D eigenvalue weighted by Gasteiger charge is -2.36. The van der Waals surface area contributed by atoms with E-state index in [1.54, 1.807) is 37.1 Å². The molecule has 30 heavy (non-hydrogen) atoms. The number of ether oxygens (including phenoxy) is 2. The number of hydrogen-bond donors (Lipinski definition) is 2. The number of piperazine rings is 1. The molecule has 0 unspecified atom stereocenters. The first-order chi connectivity index (χ1) is 14.5. The van der Waals surface area contributed by atoms with E-state index in [9.17, 15) is 9.59 Å². The zero-order valence-corrected chi connectivity index (χ0v) is 17.6. The van der Waals surface area contributed by atoms with Crippen LogP contribution in [0.25, 0.3) is 0 Å². The van der Waals surface area contributed by atoms with Gasteiger partial charge in [-0.15, -0.1) is 0 Å².